The van der Waals surface area contributed by atoms with Crippen molar-refractivity contribution >= 4 is 47.9 Å². The van der Waals surface area contributed by atoms with E-state index in [2.05, 4.69) is 10.3 Å². The Bertz CT molecular complexity index is 1180. The number of benzene rings is 1. The summed E-state index contributed by atoms with van der Waals surface area (Å²) in [4.78, 5) is 54.5. The van der Waals surface area contributed by atoms with Gasteiger partial charge in [0.15, 0.2) is 5.96 Å². The van der Waals surface area contributed by atoms with Crippen molar-refractivity contribution in [2.24, 2.45) is 45.7 Å². The van der Waals surface area contributed by atoms with E-state index >= 15 is 0 Å². The van der Waals surface area contributed by atoms with Crippen LogP contribution in [0.2, 0.25) is 0 Å². The highest BCUT2D eigenvalue weighted by atomic mass is 35.5. The Morgan fingerprint density at radius 2 is 1.51 bits per heavy atom. The highest BCUT2D eigenvalue weighted by Crippen LogP contribution is 2.34. The van der Waals surface area contributed by atoms with Gasteiger partial charge in [0.2, 0.25) is 17.7 Å². The zero-order valence-electron chi connectivity index (χ0n) is 27.6. The number of primary amides is 1. The molecule has 0 saturated heterocycles. The van der Waals surface area contributed by atoms with Crippen LogP contribution in [0, 0.1) is 23.2 Å². The quantitative estimate of drug-likeness (QED) is 0.0823. The van der Waals surface area contributed by atoms with E-state index in [1.54, 1.807) is 4.90 Å². The molecule has 14 heteroatoms. The summed E-state index contributed by atoms with van der Waals surface area (Å²) in [5.74, 6) is -1.54. The van der Waals surface area contributed by atoms with Crippen LogP contribution in [0.3, 0.4) is 0 Å². The molecule has 1 aromatic rings. The number of carboxylic acids is 1. The second kappa shape index (κ2) is 21.8. The molecule has 0 radical (unpaired) electrons. The summed E-state index contributed by atoms with van der Waals surface area (Å²) in [6, 6.07) is 6.66. The molecular weight excluding hydrogens is 624 g/mol. The number of amidine groups is 1. The van der Waals surface area contributed by atoms with Gasteiger partial charge in [0.1, 0.15) is 11.9 Å². The minimum atomic E-state index is -0.868. The van der Waals surface area contributed by atoms with Crippen molar-refractivity contribution in [3.8, 4) is 0 Å². The smallest absolute Gasteiger partial charge is 0.300 e. The molecule has 2 saturated carbocycles. The van der Waals surface area contributed by atoms with E-state index in [-0.39, 0.29) is 48.5 Å². The van der Waals surface area contributed by atoms with Gasteiger partial charge in [-0.1, -0.05) is 62.8 Å². The summed E-state index contributed by atoms with van der Waals surface area (Å²) in [6.07, 6.45) is 12.2. The van der Waals surface area contributed by atoms with E-state index < -0.39 is 23.8 Å². The molecule has 2 aliphatic carbocycles. The number of nitrogens with zero attached hydrogens (tertiary/aromatic N) is 2. The largest absolute Gasteiger partial charge is 0.481 e. The number of nitrogens with two attached hydrogens (primary N) is 4. The lowest BCUT2D eigenvalue weighted by atomic mass is 9.76. The normalized spacial score (nSPS) is 16.2. The van der Waals surface area contributed by atoms with Crippen LogP contribution in [-0.4, -0.2) is 71.2 Å². The molecule has 11 N–H and O–H groups in total. The molecule has 1 unspecified atom stereocenters. The molecule has 0 heterocycles. The number of aliphatic carboxylic acids is 1. The van der Waals surface area contributed by atoms with Crippen LogP contribution in [0.5, 0.6) is 0 Å². The van der Waals surface area contributed by atoms with Crippen LogP contribution in [0.15, 0.2) is 29.3 Å². The standard InChI is InChI=1S/C31H50N8O3.C2H4O2.ClH/c32-28(33)24-15-13-21(14-16-24)18-25(23-10-5-2-6-11-23)30(42)39(19-22-8-3-1-4-9-22)20-27(40)38-26(29(34)41)12-7-17-37-31(35)36;1-2(3)4;/h13-16,22-23,25-26H,1-12,17-20H2,(H3,32,33)(H2,34,41)(H,38,40)(H4,35,36,37);1H3,(H,3,4);1H/t25?,26-;;/m0../s1. The monoisotopic (exact) mass is 678 g/mol. The second-order valence-corrected chi connectivity index (χ2v) is 12.5. The van der Waals surface area contributed by atoms with Crippen molar-refractivity contribution in [1.82, 2.24) is 10.2 Å². The van der Waals surface area contributed by atoms with Gasteiger partial charge in [-0.3, -0.25) is 29.6 Å². The number of nitrogen functional groups attached to an aromatic ring is 1. The maximum Gasteiger partial charge on any atom is 0.300 e. The molecule has 2 aliphatic rings. The van der Waals surface area contributed by atoms with Crippen LogP contribution in [0.4, 0.5) is 0 Å². The maximum absolute atomic E-state index is 14.4. The van der Waals surface area contributed by atoms with Crippen molar-refractivity contribution in [3.63, 3.8) is 0 Å². The van der Waals surface area contributed by atoms with Crippen molar-refractivity contribution < 1.29 is 24.3 Å². The van der Waals surface area contributed by atoms with E-state index in [9.17, 15) is 14.4 Å². The van der Waals surface area contributed by atoms with Gasteiger partial charge >= 0.3 is 0 Å². The third-order valence-electron chi connectivity index (χ3n) is 8.73. The van der Waals surface area contributed by atoms with E-state index in [1.165, 1.54) is 12.8 Å². The van der Waals surface area contributed by atoms with E-state index in [4.69, 9.17) is 38.2 Å². The summed E-state index contributed by atoms with van der Waals surface area (Å²) in [6.45, 7) is 1.83. The first-order valence-corrected chi connectivity index (χ1v) is 16.4. The molecule has 2 atom stereocenters. The Balaban J connectivity index is 0.00000208. The first-order chi connectivity index (χ1) is 21.9. The van der Waals surface area contributed by atoms with E-state index in [0.29, 0.717) is 43.8 Å². The average Bonchev–Trinajstić information content (AvgIpc) is 3.01. The highest BCUT2D eigenvalue weighted by Gasteiger charge is 2.35. The summed E-state index contributed by atoms with van der Waals surface area (Å²) >= 11 is 0. The molecular formula is C33H55ClN8O5. The van der Waals surface area contributed by atoms with Crippen LogP contribution < -0.4 is 28.3 Å². The third-order valence-corrected chi connectivity index (χ3v) is 8.73. The molecule has 47 heavy (non-hydrogen) atoms. The Morgan fingerprint density at radius 3 is 2.02 bits per heavy atom. The number of hydrogen-bond acceptors (Lipinski definition) is 6. The third kappa shape index (κ3) is 16.0. The fourth-order valence-electron chi connectivity index (χ4n) is 6.42. The van der Waals surface area contributed by atoms with Crippen molar-refractivity contribution in [2.45, 2.75) is 96.4 Å². The Kier molecular flexibility index (Phi) is 19.1. The number of guanidine groups is 1. The van der Waals surface area contributed by atoms with Gasteiger partial charge in [0, 0.05) is 31.5 Å². The molecule has 264 valence electrons. The number of carbonyl (C=O) groups excluding carboxylic acids is 3. The molecule has 0 aromatic heterocycles. The molecule has 0 bridgehead atoms. The number of carboxylic acid groups (broad SMARTS) is 1. The molecule has 3 amide bonds. The number of hydrogen-bond donors (Lipinski definition) is 7. The van der Waals surface area contributed by atoms with Crippen LogP contribution in [0.25, 0.3) is 0 Å². The Hall–Kier alpha value is -3.87. The van der Waals surface area contributed by atoms with Gasteiger partial charge in [-0.25, -0.2) is 0 Å². The predicted molar refractivity (Wildman–Crippen MR) is 186 cm³/mol. The molecule has 3 rings (SSSR count). The number of carbonyl (C=O) groups is 4. The van der Waals surface area contributed by atoms with Gasteiger partial charge in [0.25, 0.3) is 5.97 Å². The Morgan fingerprint density at radius 1 is 0.957 bits per heavy atom. The van der Waals surface area contributed by atoms with E-state index in [0.717, 1.165) is 63.9 Å². The second-order valence-electron chi connectivity index (χ2n) is 12.5. The van der Waals surface area contributed by atoms with Crippen LogP contribution in [-0.2, 0) is 25.6 Å². The van der Waals surface area contributed by atoms with Gasteiger partial charge < -0.3 is 38.3 Å². The van der Waals surface area contributed by atoms with Gasteiger partial charge in [-0.2, -0.15) is 0 Å². The minimum absolute atomic E-state index is 0. The van der Waals surface area contributed by atoms with Crippen LogP contribution >= 0.6 is 12.4 Å². The first-order valence-electron chi connectivity index (χ1n) is 16.4. The number of halogens is 1. The summed E-state index contributed by atoms with van der Waals surface area (Å²) in [5.41, 5.74) is 23.6. The highest BCUT2D eigenvalue weighted by molar-refractivity contribution is 5.95. The summed E-state index contributed by atoms with van der Waals surface area (Å²) in [7, 11) is 0. The van der Waals surface area contributed by atoms with Gasteiger partial charge in [-0.05, 0) is 62.3 Å². The molecule has 2 fully saturated rings. The average molecular weight is 679 g/mol. The molecule has 1 aromatic carbocycles. The lowest BCUT2D eigenvalue weighted by molar-refractivity contribution is -0.142. The first kappa shape index (κ1) is 41.2. The molecule has 13 nitrogen and oxygen atoms in total. The fourth-order valence-corrected chi connectivity index (χ4v) is 6.42. The van der Waals surface area contributed by atoms with Crippen molar-refractivity contribution in [3.05, 3.63) is 35.4 Å². The fraction of sp³-hybridized carbons (Fsp3) is 0.636. The Labute approximate surface area is 284 Å². The van der Waals surface area contributed by atoms with Gasteiger partial charge in [-0.15, -0.1) is 12.4 Å². The molecule has 0 spiro atoms. The summed E-state index contributed by atoms with van der Waals surface area (Å²) in [5, 5.41) is 17.9. The van der Waals surface area contributed by atoms with Crippen molar-refractivity contribution in [2.75, 3.05) is 19.6 Å². The van der Waals surface area contributed by atoms with Crippen LogP contribution in [0.1, 0.15) is 95.1 Å². The number of rotatable bonds is 15. The van der Waals surface area contributed by atoms with Gasteiger partial charge in [0.05, 0.1) is 6.54 Å². The minimum Gasteiger partial charge on any atom is -0.481 e. The summed E-state index contributed by atoms with van der Waals surface area (Å²) < 4.78 is 0. The van der Waals surface area contributed by atoms with Crippen molar-refractivity contribution in [1.29, 1.82) is 5.41 Å². The zero-order valence-corrected chi connectivity index (χ0v) is 28.4. The topological polar surface area (TPSA) is 244 Å². The number of nitrogens with one attached hydrogen (secondary N) is 2. The number of aliphatic imine (C=N–C) groups is 1. The SMILES string of the molecule is CC(=O)O.Cl.N=C(N)c1ccc(CC(C(=O)N(CC(=O)N[C@@H](CCCN=C(N)N)C(N)=O)CC2CCCCC2)C2CCCCC2)cc1. The molecule has 0 aliphatic heterocycles. The predicted octanol–water partition coefficient (Wildman–Crippen LogP) is 2.65. The number of amides is 3. The lowest BCUT2D eigenvalue weighted by Gasteiger charge is -2.36. The lowest BCUT2D eigenvalue weighted by Crippen LogP contribution is -2.51. The zero-order chi connectivity index (χ0) is 34.1. The van der Waals surface area contributed by atoms with E-state index in [1.807, 2.05) is 24.3 Å². The maximum atomic E-state index is 14.4.